The Morgan fingerprint density at radius 2 is 1.18 bits per heavy atom. The monoisotopic (exact) mass is 523 g/mol. The second-order valence-electron chi connectivity index (χ2n) is 11.2. The van der Waals surface area contributed by atoms with Gasteiger partial charge in [-0.05, 0) is 96.3 Å². The van der Waals surface area contributed by atoms with Crippen molar-refractivity contribution < 1.29 is 21.7 Å². The predicted octanol–water partition coefficient (Wildman–Crippen LogP) is 11.3. The van der Waals surface area contributed by atoms with E-state index >= 15 is 0 Å². The van der Waals surface area contributed by atoms with E-state index in [0.717, 1.165) is 24.2 Å². The van der Waals surface area contributed by atoms with Crippen LogP contribution >= 0.6 is 7.05 Å². The van der Waals surface area contributed by atoms with Crippen LogP contribution in [0.2, 0.25) is 0 Å². The zero-order valence-corrected chi connectivity index (χ0v) is 27.0. The first-order chi connectivity index (χ1) is 15.5. The number of rotatable bonds is 14. The molecule has 0 bridgehead atoms. The minimum atomic E-state index is -1.20. The molecule has 0 aromatic rings. The maximum absolute atomic E-state index is 5.51. The largest absolute Gasteiger partial charge is 0.272 e. The van der Waals surface area contributed by atoms with Gasteiger partial charge in [0.2, 0.25) is 0 Å². The quantitative estimate of drug-likeness (QED) is 0.122. The summed E-state index contributed by atoms with van der Waals surface area (Å²) in [5.41, 5.74) is 4.10. The molecular formula is C31H58NPTi. The summed E-state index contributed by atoms with van der Waals surface area (Å²) < 4.78 is 5.51. The summed E-state index contributed by atoms with van der Waals surface area (Å²) in [6.45, 7) is 22.5. The predicted molar refractivity (Wildman–Crippen MR) is 157 cm³/mol. The first-order valence-corrected chi connectivity index (χ1v) is 16.1. The van der Waals surface area contributed by atoms with Gasteiger partial charge in [0.15, 0.2) is 0 Å². The third kappa shape index (κ3) is 18.2. The van der Waals surface area contributed by atoms with Gasteiger partial charge in [0.25, 0.3) is 0 Å². The molecule has 1 rings (SSSR count). The minimum absolute atomic E-state index is 0. The molecule has 0 radical (unpaired) electrons. The average Bonchev–Trinajstić information content (AvgIpc) is 3.25. The van der Waals surface area contributed by atoms with Crippen LogP contribution in [0.1, 0.15) is 114 Å². The van der Waals surface area contributed by atoms with Crippen molar-refractivity contribution in [3.8, 4) is 0 Å². The van der Waals surface area contributed by atoms with Crippen molar-refractivity contribution in [3.05, 3.63) is 47.2 Å². The van der Waals surface area contributed by atoms with Crippen molar-refractivity contribution in [1.82, 2.24) is 0 Å². The van der Waals surface area contributed by atoms with Crippen LogP contribution in [-0.4, -0.2) is 18.5 Å². The summed E-state index contributed by atoms with van der Waals surface area (Å²) in [7, 11) is -1.20. The normalized spacial score (nSPS) is 14.3. The molecule has 1 aliphatic rings. The van der Waals surface area contributed by atoms with Crippen molar-refractivity contribution in [2.45, 2.75) is 114 Å². The standard InChI is InChI=1S/C23H44NP.C8H14.Ti/c1-20(2)12-9-17-25(18-10-13-21(3)4,19-11-14-22(5)6)24-23-15-7-8-16-23;1-5-7(3)8(4)6-2;/h7-8,15,20-22H,9-14,16-19H2,1-6H3;5-6H,1-4H3;. The van der Waals surface area contributed by atoms with E-state index in [1.54, 1.807) is 0 Å². The van der Waals surface area contributed by atoms with Crippen LogP contribution < -0.4 is 0 Å². The Balaban J connectivity index is 0. The molecule has 0 aromatic heterocycles. The molecule has 0 saturated heterocycles. The van der Waals surface area contributed by atoms with Crippen LogP contribution in [0, 0.1) is 17.8 Å². The van der Waals surface area contributed by atoms with Crippen molar-refractivity contribution >= 4 is 7.05 Å². The Labute approximate surface area is 230 Å². The summed E-state index contributed by atoms with van der Waals surface area (Å²) in [6.07, 6.45) is 24.4. The summed E-state index contributed by atoms with van der Waals surface area (Å²) in [5.74, 6) is 2.46. The van der Waals surface area contributed by atoms with Gasteiger partial charge in [-0.3, -0.25) is 4.74 Å². The molecule has 0 saturated carbocycles. The first-order valence-electron chi connectivity index (χ1n) is 13.8. The molecule has 0 N–H and O–H groups in total. The number of nitrogens with zero attached hydrogens (tertiary/aromatic N) is 1. The first kappa shape index (κ1) is 36.1. The Hall–Kier alpha value is -0.0957. The molecule has 0 aromatic carbocycles. The molecular weight excluding hydrogens is 465 g/mol. The van der Waals surface area contributed by atoms with Crippen LogP contribution in [0.15, 0.2) is 52.0 Å². The smallest absolute Gasteiger partial charge is 0.0425 e. The maximum Gasteiger partial charge on any atom is 0.0425 e. The fourth-order valence-electron chi connectivity index (χ4n) is 4.10. The summed E-state index contributed by atoms with van der Waals surface area (Å²) in [4.78, 5) is 0. The van der Waals surface area contributed by atoms with Crippen LogP contribution in [0.3, 0.4) is 0 Å². The van der Waals surface area contributed by atoms with E-state index in [0.29, 0.717) is 0 Å². The van der Waals surface area contributed by atoms with Gasteiger partial charge >= 0.3 is 0 Å². The van der Waals surface area contributed by atoms with Gasteiger partial charge in [-0.1, -0.05) is 96.3 Å². The number of hydrogen-bond donors (Lipinski definition) is 0. The summed E-state index contributed by atoms with van der Waals surface area (Å²) >= 11 is 0. The second-order valence-corrected chi connectivity index (χ2v) is 14.9. The van der Waals surface area contributed by atoms with E-state index in [9.17, 15) is 0 Å². The van der Waals surface area contributed by atoms with Gasteiger partial charge in [0.05, 0.1) is 0 Å². The van der Waals surface area contributed by atoms with Crippen molar-refractivity contribution in [2.75, 3.05) is 18.5 Å². The van der Waals surface area contributed by atoms with Gasteiger partial charge in [-0.25, -0.2) is 0 Å². The van der Waals surface area contributed by atoms with Crippen molar-refractivity contribution in [2.24, 2.45) is 22.5 Å². The molecule has 0 amide bonds. The molecule has 0 spiro atoms. The molecule has 3 heteroatoms. The topological polar surface area (TPSA) is 12.4 Å². The summed E-state index contributed by atoms with van der Waals surface area (Å²) in [5, 5.41) is 0. The average molecular weight is 524 g/mol. The van der Waals surface area contributed by atoms with Crippen LogP contribution in [0.4, 0.5) is 0 Å². The Kier molecular flexibility index (Phi) is 22.3. The molecule has 0 heterocycles. The van der Waals surface area contributed by atoms with Crippen molar-refractivity contribution in [1.29, 1.82) is 0 Å². The molecule has 1 aliphatic carbocycles. The van der Waals surface area contributed by atoms with Crippen molar-refractivity contribution in [3.63, 3.8) is 0 Å². The van der Waals surface area contributed by atoms with Gasteiger partial charge in [0.1, 0.15) is 0 Å². The van der Waals surface area contributed by atoms with E-state index in [-0.39, 0.29) is 21.7 Å². The molecule has 0 fully saturated rings. The molecule has 0 unspecified atom stereocenters. The molecule has 34 heavy (non-hydrogen) atoms. The molecule has 1 nitrogen and oxygen atoms in total. The third-order valence-electron chi connectivity index (χ3n) is 6.65. The van der Waals surface area contributed by atoms with E-state index < -0.39 is 7.05 Å². The minimum Gasteiger partial charge on any atom is -0.272 e. The molecule has 196 valence electrons. The third-order valence-corrected chi connectivity index (χ3v) is 10.8. The maximum atomic E-state index is 5.51. The Bertz CT molecular complexity index is 633. The van der Waals surface area contributed by atoms with Crippen LogP contribution in [0.5, 0.6) is 0 Å². The van der Waals surface area contributed by atoms with Gasteiger partial charge < -0.3 is 0 Å². The zero-order valence-electron chi connectivity index (χ0n) is 24.6. The van der Waals surface area contributed by atoms with Crippen LogP contribution in [0.25, 0.3) is 0 Å². The number of hydrogen-bond acceptors (Lipinski definition) is 1. The Morgan fingerprint density at radius 1 is 0.794 bits per heavy atom. The van der Waals surface area contributed by atoms with E-state index in [4.69, 9.17) is 4.74 Å². The fraction of sp³-hybridized carbons (Fsp3) is 0.742. The number of allylic oxidation sites excluding steroid dienone is 7. The van der Waals surface area contributed by atoms with E-state index in [2.05, 4.69) is 99.6 Å². The Morgan fingerprint density at radius 3 is 1.44 bits per heavy atom. The SMILES string of the molecule is CC(C)CCCP(CCCC(C)C)(CCCC(C)C)=NC1=CC=CC1.CC=C(C)C(C)=CC.[Ti]. The fourth-order valence-corrected chi connectivity index (χ4v) is 8.08. The van der Waals surface area contributed by atoms with E-state index in [1.807, 2.05) is 0 Å². The van der Waals surface area contributed by atoms with Crippen LogP contribution in [-0.2, 0) is 21.7 Å². The van der Waals surface area contributed by atoms with Gasteiger partial charge in [0, 0.05) is 33.8 Å². The second kappa shape index (κ2) is 21.0. The van der Waals surface area contributed by atoms with Gasteiger partial charge in [-0.15, -0.1) is 0 Å². The molecule has 0 atom stereocenters. The summed E-state index contributed by atoms with van der Waals surface area (Å²) in [6, 6.07) is 0. The van der Waals surface area contributed by atoms with E-state index in [1.165, 1.54) is 73.9 Å². The zero-order chi connectivity index (χ0) is 25.3. The molecule has 0 aliphatic heterocycles. The van der Waals surface area contributed by atoms with Gasteiger partial charge in [-0.2, -0.15) is 0 Å².